The predicted molar refractivity (Wildman–Crippen MR) is 121 cm³/mol. The van der Waals surface area contributed by atoms with E-state index in [1.165, 1.54) is 42.0 Å². The number of aliphatic imine (C=N–C) groups is 1. The molecule has 2 N–H and O–H groups in total. The van der Waals surface area contributed by atoms with Crippen molar-refractivity contribution in [3.8, 4) is 0 Å². The van der Waals surface area contributed by atoms with Crippen LogP contribution in [-0.4, -0.2) is 60.8 Å². The van der Waals surface area contributed by atoms with Gasteiger partial charge in [-0.25, -0.2) is 0 Å². The van der Waals surface area contributed by atoms with Crippen molar-refractivity contribution < 1.29 is 9.59 Å². The summed E-state index contributed by atoms with van der Waals surface area (Å²) in [5, 5.41) is 6.46. The third-order valence-corrected chi connectivity index (χ3v) is 5.82. The SMILES string of the molecule is CN=C(NCCN1C(=O)c2ccccc2C1=O)NCc1ccc(CN2CCCC2)cc1. The third-order valence-electron chi connectivity index (χ3n) is 5.82. The number of imide groups is 1. The largest absolute Gasteiger partial charge is 0.355 e. The van der Waals surface area contributed by atoms with Gasteiger partial charge in [-0.1, -0.05) is 36.4 Å². The van der Waals surface area contributed by atoms with Crippen molar-refractivity contribution >= 4 is 17.8 Å². The Bertz CT molecular complexity index is 929. The van der Waals surface area contributed by atoms with Gasteiger partial charge in [0.15, 0.2) is 5.96 Å². The number of fused-ring (bicyclic) bond motifs is 1. The second kappa shape index (κ2) is 9.75. The Morgan fingerprint density at radius 3 is 2.13 bits per heavy atom. The van der Waals surface area contributed by atoms with E-state index in [4.69, 9.17) is 0 Å². The fraction of sp³-hybridized carbons (Fsp3) is 0.375. The summed E-state index contributed by atoms with van der Waals surface area (Å²) in [5.74, 6) is 0.163. The van der Waals surface area contributed by atoms with E-state index in [0.29, 0.717) is 30.2 Å². The lowest BCUT2D eigenvalue weighted by molar-refractivity contribution is 0.0657. The summed E-state index contributed by atoms with van der Waals surface area (Å²) in [6.07, 6.45) is 2.61. The number of likely N-dealkylation sites (tertiary alicyclic amines) is 1. The van der Waals surface area contributed by atoms with Crippen LogP contribution in [0.5, 0.6) is 0 Å². The third kappa shape index (κ3) is 4.94. The molecule has 0 unspecified atom stereocenters. The van der Waals surface area contributed by atoms with Crippen LogP contribution in [-0.2, 0) is 13.1 Å². The predicted octanol–water partition coefficient (Wildman–Crippen LogP) is 2.24. The Morgan fingerprint density at radius 2 is 1.52 bits per heavy atom. The Balaban J connectivity index is 1.22. The molecule has 1 fully saturated rings. The molecule has 0 radical (unpaired) electrons. The van der Waals surface area contributed by atoms with Gasteiger partial charge in [0, 0.05) is 33.2 Å². The van der Waals surface area contributed by atoms with Crippen LogP contribution in [0, 0.1) is 0 Å². The number of hydrogen-bond donors (Lipinski definition) is 2. The molecule has 0 saturated carbocycles. The zero-order chi connectivity index (χ0) is 21.6. The molecule has 31 heavy (non-hydrogen) atoms. The van der Waals surface area contributed by atoms with E-state index in [2.05, 4.69) is 44.8 Å². The zero-order valence-corrected chi connectivity index (χ0v) is 17.9. The molecule has 162 valence electrons. The standard InChI is InChI=1S/C24H29N5O2/c1-25-24(26-12-15-29-22(30)20-6-2-3-7-21(20)23(29)31)27-16-18-8-10-19(11-9-18)17-28-13-4-5-14-28/h2-3,6-11H,4-5,12-17H2,1H3,(H2,25,26,27). The molecule has 0 bridgehead atoms. The maximum Gasteiger partial charge on any atom is 0.261 e. The van der Waals surface area contributed by atoms with Gasteiger partial charge in [-0.15, -0.1) is 0 Å². The van der Waals surface area contributed by atoms with Crippen LogP contribution < -0.4 is 10.6 Å². The van der Waals surface area contributed by atoms with E-state index in [9.17, 15) is 9.59 Å². The lowest BCUT2D eigenvalue weighted by Crippen LogP contribution is -2.42. The first-order chi connectivity index (χ1) is 15.2. The molecule has 1 saturated heterocycles. The second-order valence-corrected chi connectivity index (χ2v) is 7.96. The highest BCUT2D eigenvalue weighted by Crippen LogP contribution is 2.21. The topological polar surface area (TPSA) is 77.0 Å². The summed E-state index contributed by atoms with van der Waals surface area (Å²) < 4.78 is 0. The highest BCUT2D eigenvalue weighted by atomic mass is 16.2. The van der Waals surface area contributed by atoms with Crippen molar-refractivity contribution in [2.24, 2.45) is 4.99 Å². The molecule has 0 atom stereocenters. The van der Waals surface area contributed by atoms with Gasteiger partial charge in [-0.05, 0) is 49.2 Å². The smallest absolute Gasteiger partial charge is 0.261 e. The number of guanidine groups is 1. The Labute approximate surface area is 183 Å². The van der Waals surface area contributed by atoms with Crippen LogP contribution in [0.25, 0.3) is 0 Å². The van der Waals surface area contributed by atoms with Crippen LogP contribution >= 0.6 is 0 Å². The Hall–Kier alpha value is -3.19. The molecule has 2 heterocycles. The fourth-order valence-electron chi connectivity index (χ4n) is 4.10. The number of hydrogen-bond acceptors (Lipinski definition) is 4. The van der Waals surface area contributed by atoms with Gasteiger partial charge in [0.05, 0.1) is 11.1 Å². The average molecular weight is 420 g/mol. The van der Waals surface area contributed by atoms with Crippen LogP contribution in [0.2, 0.25) is 0 Å². The van der Waals surface area contributed by atoms with Crippen LogP contribution in [0.3, 0.4) is 0 Å². The van der Waals surface area contributed by atoms with E-state index in [-0.39, 0.29) is 18.4 Å². The van der Waals surface area contributed by atoms with Crippen molar-refractivity contribution in [1.29, 1.82) is 0 Å². The summed E-state index contributed by atoms with van der Waals surface area (Å²) in [4.78, 5) is 32.9. The Kier molecular flexibility index (Phi) is 6.62. The minimum Gasteiger partial charge on any atom is -0.355 e. The molecular weight excluding hydrogens is 390 g/mol. The van der Waals surface area contributed by atoms with Gasteiger partial charge in [0.1, 0.15) is 0 Å². The summed E-state index contributed by atoms with van der Waals surface area (Å²) >= 11 is 0. The minimum absolute atomic E-state index is 0.237. The molecule has 2 aliphatic heterocycles. The molecule has 0 aliphatic carbocycles. The molecule has 2 aromatic rings. The second-order valence-electron chi connectivity index (χ2n) is 7.96. The van der Waals surface area contributed by atoms with Crippen molar-refractivity contribution in [3.05, 3.63) is 70.8 Å². The van der Waals surface area contributed by atoms with Crippen LogP contribution in [0.1, 0.15) is 44.7 Å². The lowest BCUT2D eigenvalue weighted by atomic mass is 10.1. The van der Waals surface area contributed by atoms with Gasteiger partial charge in [0.25, 0.3) is 11.8 Å². The molecular formula is C24H29N5O2. The van der Waals surface area contributed by atoms with Crippen LogP contribution in [0.15, 0.2) is 53.5 Å². The van der Waals surface area contributed by atoms with Gasteiger partial charge in [0.2, 0.25) is 0 Å². The number of nitrogens with zero attached hydrogens (tertiary/aromatic N) is 3. The summed E-state index contributed by atoms with van der Waals surface area (Å²) in [5.41, 5.74) is 3.47. The first kappa shape index (κ1) is 21.1. The normalized spacial score (nSPS) is 16.7. The lowest BCUT2D eigenvalue weighted by Gasteiger charge is -2.17. The van der Waals surface area contributed by atoms with Gasteiger partial charge < -0.3 is 10.6 Å². The number of amides is 2. The van der Waals surface area contributed by atoms with E-state index < -0.39 is 0 Å². The molecule has 2 amide bonds. The number of nitrogens with one attached hydrogen (secondary N) is 2. The monoisotopic (exact) mass is 419 g/mol. The molecule has 2 aliphatic rings. The number of rotatable bonds is 7. The van der Waals surface area contributed by atoms with Crippen molar-refractivity contribution in [2.45, 2.75) is 25.9 Å². The number of carbonyl (C=O) groups excluding carboxylic acids is 2. The molecule has 0 aromatic heterocycles. The minimum atomic E-state index is -0.237. The maximum atomic E-state index is 12.4. The molecule has 7 heteroatoms. The zero-order valence-electron chi connectivity index (χ0n) is 17.9. The molecule has 7 nitrogen and oxygen atoms in total. The van der Waals surface area contributed by atoms with Gasteiger partial charge in [-0.3, -0.25) is 24.4 Å². The van der Waals surface area contributed by atoms with E-state index >= 15 is 0 Å². The number of carbonyl (C=O) groups is 2. The van der Waals surface area contributed by atoms with Crippen LogP contribution in [0.4, 0.5) is 0 Å². The van der Waals surface area contributed by atoms with Crippen molar-refractivity contribution in [1.82, 2.24) is 20.4 Å². The first-order valence-corrected chi connectivity index (χ1v) is 10.9. The fourth-order valence-corrected chi connectivity index (χ4v) is 4.10. The van der Waals surface area contributed by atoms with E-state index in [0.717, 1.165) is 6.54 Å². The van der Waals surface area contributed by atoms with Gasteiger partial charge >= 0.3 is 0 Å². The summed E-state index contributed by atoms with van der Waals surface area (Å²) in [6.45, 7) is 4.79. The number of benzene rings is 2. The molecule has 4 rings (SSSR count). The quantitative estimate of drug-likeness (QED) is 0.409. The maximum absolute atomic E-state index is 12.4. The average Bonchev–Trinajstić information content (AvgIpc) is 3.39. The van der Waals surface area contributed by atoms with Crippen molar-refractivity contribution in [2.75, 3.05) is 33.2 Å². The highest BCUT2D eigenvalue weighted by molar-refractivity contribution is 6.21. The summed E-state index contributed by atoms with van der Waals surface area (Å²) in [7, 11) is 1.70. The van der Waals surface area contributed by atoms with Crippen molar-refractivity contribution in [3.63, 3.8) is 0 Å². The summed E-state index contributed by atoms with van der Waals surface area (Å²) in [6, 6.07) is 15.6. The molecule has 2 aromatic carbocycles. The highest BCUT2D eigenvalue weighted by Gasteiger charge is 2.34. The van der Waals surface area contributed by atoms with Gasteiger partial charge in [-0.2, -0.15) is 0 Å². The van der Waals surface area contributed by atoms with E-state index in [1.54, 1.807) is 31.3 Å². The Morgan fingerprint density at radius 1 is 0.903 bits per heavy atom. The van der Waals surface area contributed by atoms with E-state index in [1.807, 2.05) is 0 Å². The molecule has 0 spiro atoms. The first-order valence-electron chi connectivity index (χ1n) is 10.9.